The van der Waals surface area contributed by atoms with E-state index in [9.17, 15) is 0 Å². The SMILES string of the molecule is Clc1cc(Cl)cc(CCCCc2nc3ccc(Cl)cc3[nH]2)c1. The summed E-state index contributed by atoms with van der Waals surface area (Å²) in [5, 5.41) is 2.11. The van der Waals surface area contributed by atoms with Crippen LogP contribution in [0, 0.1) is 0 Å². The van der Waals surface area contributed by atoms with Gasteiger partial charge in [0.15, 0.2) is 0 Å². The molecule has 3 rings (SSSR count). The zero-order valence-electron chi connectivity index (χ0n) is 11.9. The van der Waals surface area contributed by atoms with E-state index in [1.165, 1.54) is 5.56 Å². The Balaban J connectivity index is 1.55. The normalized spacial score (nSPS) is 11.2. The fourth-order valence-corrected chi connectivity index (χ4v) is 3.27. The van der Waals surface area contributed by atoms with Crippen molar-refractivity contribution < 1.29 is 0 Å². The number of halogens is 3. The number of hydrogen-bond donors (Lipinski definition) is 1. The number of nitrogens with one attached hydrogen (secondary N) is 1. The molecule has 0 atom stereocenters. The van der Waals surface area contributed by atoms with Crippen molar-refractivity contribution in [1.82, 2.24) is 9.97 Å². The topological polar surface area (TPSA) is 28.7 Å². The van der Waals surface area contributed by atoms with Crippen molar-refractivity contribution in [1.29, 1.82) is 0 Å². The van der Waals surface area contributed by atoms with Gasteiger partial charge in [0, 0.05) is 21.5 Å². The van der Waals surface area contributed by atoms with Crippen LogP contribution in [0.4, 0.5) is 0 Å². The Morgan fingerprint density at radius 2 is 1.55 bits per heavy atom. The molecule has 0 aliphatic rings. The molecule has 0 saturated heterocycles. The second-order valence-electron chi connectivity index (χ2n) is 5.33. The maximum absolute atomic E-state index is 6.01. The van der Waals surface area contributed by atoms with Crippen LogP contribution in [0.1, 0.15) is 24.2 Å². The van der Waals surface area contributed by atoms with Crippen molar-refractivity contribution >= 4 is 45.8 Å². The van der Waals surface area contributed by atoms with Crippen LogP contribution in [0.3, 0.4) is 0 Å². The van der Waals surface area contributed by atoms with Crippen LogP contribution in [-0.2, 0) is 12.8 Å². The largest absolute Gasteiger partial charge is 0.342 e. The highest BCUT2D eigenvalue weighted by atomic mass is 35.5. The molecule has 0 fully saturated rings. The predicted molar refractivity (Wildman–Crippen MR) is 94.2 cm³/mol. The molecular formula is C17H15Cl3N2. The fourth-order valence-electron chi connectivity index (χ4n) is 2.53. The maximum Gasteiger partial charge on any atom is 0.107 e. The highest BCUT2D eigenvalue weighted by Gasteiger charge is 2.04. The van der Waals surface area contributed by atoms with Gasteiger partial charge in [-0.3, -0.25) is 0 Å². The van der Waals surface area contributed by atoms with E-state index in [1.807, 2.05) is 30.3 Å². The Morgan fingerprint density at radius 1 is 0.818 bits per heavy atom. The Hall–Kier alpha value is -1.22. The molecule has 0 spiro atoms. The minimum Gasteiger partial charge on any atom is -0.342 e. The van der Waals surface area contributed by atoms with Crippen molar-refractivity contribution in [2.75, 3.05) is 0 Å². The molecule has 1 aromatic heterocycles. The van der Waals surface area contributed by atoms with Gasteiger partial charge >= 0.3 is 0 Å². The van der Waals surface area contributed by atoms with E-state index in [0.717, 1.165) is 47.6 Å². The van der Waals surface area contributed by atoms with Crippen LogP contribution in [0.25, 0.3) is 11.0 Å². The third-order valence-corrected chi connectivity index (χ3v) is 4.22. The van der Waals surface area contributed by atoms with Crippen LogP contribution in [0.5, 0.6) is 0 Å². The number of aromatic amines is 1. The lowest BCUT2D eigenvalue weighted by molar-refractivity contribution is 0.715. The Bertz CT molecular complexity index is 775. The number of unbranched alkanes of at least 4 members (excludes halogenated alkanes) is 1. The number of rotatable bonds is 5. The minimum atomic E-state index is 0.691. The van der Waals surface area contributed by atoms with Crippen LogP contribution in [0.15, 0.2) is 36.4 Å². The van der Waals surface area contributed by atoms with E-state index < -0.39 is 0 Å². The Kier molecular flexibility index (Phi) is 4.92. The molecule has 22 heavy (non-hydrogen) atoms. The summed E-state index contributed by atoms with van der Waals surface area (Å²) in [7, 11) is 0. The molecule has 114 valence electrons. The molecule has 0 aliphatic heterocycles. The lowest BCUT2D eigenvalue weighted by Gasteiger charge is -2.03. The van der Waals surface area contributed by atoms with Crippen LogP contribution >= 0.6 is 34.8 Å². The van der Waals surface area contributed by atoms with Gasteiger partial charge < -0.3 is 4.98 Å². The number of aromatic nitrogens is 2. The Morgan fingerprint density at radius 3 is 2.32 bits per heavy atom. The lowest BCUT2D eigenvalue weighted by atomic mass is 10.1. The number of fused-ring (bicyclic) bond motifs is 1. The number of imidazole rings is 1. The van der Waals surface area contributed by atoms with Crippen molar-refractivity contribution in [2.45, 2.75) is 25.7 Å². The molecule has 1 N–H and O–H groups in total. The molecule has 0 saturated carbocycles. The van der Waals surface area contributed by atoms with Gasteiger partial charge in [0.25, 0.3) is 0 Å². The zero-order valence-corrected chi connectivity index (χ0v) is 14.1. The van der Waals surface area contributed by atoms with Crippen LogP contribution < -0.4 is 0 Å². The van der Waals surface area contributed by atoms with E-state index >= 15 is 0 Å². The summed E-state index contributed by atoms with van der Waals surface area (Å²) in [4.78, 5) is 7.89. The number of aryl methyl sites for hydroxylation is 2. The van der Waals surface area contributed by atoms with Gasteiger partial charge in [-0.05, 0) is 61.2 Å². The van der Waals surface area contributed by atoms with Crippen LogP contribution in [-0.4, -0.2) is 9.97 Å². The van der Waals surface area contributed by atoms with Gasteiger partial charge in [-0.15, -0.1) is 0 Å². The van der Waals surface area contributed by atoms with Gasteiger partial charge in [0.1, 0.15) is 5.82 Å². The summed E-state index contributed by atoms with van der Waals surface area (Å²) in [6.07, 6.45) is 4.00. The lowest BCUT2D eigenvalue weighted by Crippen LogP contribution is -1.91. The third kappa shape index (κ3) is 3.95. The number of nitrogens with zero attached hydrogens (tertiary/aromatic N) is 1. The molecular weight excluding hydrogens is 339 g/mol. The van der Waals surface area contributed by atoms with Crippen LogP contribution in [0.2, 0.25) is 15.1 Å². The monoisotopic (exact) mass is 352 g/mol. The number of H-pyrrole nitrogens is 1. The van der Waals surface area contributed by atoms with Crippen molar-refractivity contribution in [3.8, 4) is 0 Å². The van der Waals surface area contributed by atoms with Gasteiger partial charge in [-0.25, -0.2) is 4.98 Å². The zero-order chi connectivity index (χ0) is 15.5. The van der Waals surface area contributed by atoms with Gasteiger partial charge in [-0.1, -0.05) is 34.8 Å². The molecule has 0 radical (unpaired) electrons. The van der Waals surface area contributed by atoms with Gasteiger partial charge in [-0.2, -0.15) is 0 Å². The molecule has 2 nitrogen and oxygen atoms in total. The fraction of sp³-hybridized carbons (Fsp3) is 0.235. The molecule has 3 aromatic rings. The van der Waals surface area contributed by atoms with E-state index in [2.05, 4.69) is 9.97 Å². The summed E-state index contributed by atoms with van der Waals surface area (Å²) < 4.78 is 0. The number of benzene rings is 2. The first-order valence-electron chi connectivity index (χ1n) is 7.19. The average Bonchev–Trinajstić information content (AvgIpc) is 2.84. The first kappa shape index (κ1) is 15.7. The third-order valence-electron chi connectivity index (χ3n) is 3.54. The summed E-state index contributed by atoms with van der Waals surface area (Å²) in [5.74, 6) is 1.00. The minimum absolute atomic E-state index is 0.691. The molecule has 0 aliphatic carbocycles. The maximum atomic E-state index is 6.01. The summed E-state index contributed by atoms with van der Waals surface area (Å²) in [6, 6.07) is 11.4. The van der Waals surface area contributed by atoms with Crippen molar-refractivity contribution in [3.05, 3.63) is 62.9 Å². The highest BCUT2D eigenvalue weighted by Crippen LogP contribution is 2.21. The second-order valence-corrected chi connectivity index (χ2v) is 6.64. The average molecular weight is 354 g/mol. The standard InChI is InChI=1S/C17H15Cl3N2/c18-12-5-6-15-16(10-12)22-17(21-15)4-2-1-3-11-7-13(19)9-14(20)8-11/h5-10H,1-4H2,(H,21,22). The molecule has 0 unspecified atom stereocenters. The summed E-state index contributed by atoms with van der Waals surface area (Å²) in [6.45, 7) is 0. The molecule has 0 amide bonds. The Labute approximate surface area is 144 Å². The molecule has 1 heterocycles. The number of hydrogen-bond acceptors (Lipinski definition) is 1. The second kappa shape index (κ2) is 6.91. The molecule has 0 bridgehead atoms. The van der Waals surface area contributed by atoms with E-state index in [1.54, 1.807) is 6.07 Å². The first-order chi connectivity index (χ1) is 10.6. The summed E-state index contributed by atoms with van der Waals surface area (Å²) >= 11 is 18.0. The molecule has 5 heteroatoms. The van der Waals surface area contributed by atoms with E-state index in [0.29, 0.717) is 10.0 Å². The quantitative estimate of drug-likeness (QED) is 0.552. The predicted octanol–water partition coefficient (Wildman–Crippen LogP) is 6.09. The van der Waals surface area contributed by atoms with E-state index in [-0.39, 0.29) is 0 Å². The van der Waals surface area contributed by atoms with Crippen molar-refractivity contribution in [3.63, 3.8) is 0 Å². The van der Waals surface area contributed by atoms with E-state index in [4.69, 9.17) is 34.8 Å². The highest BCUT2D eigenvalue weighted by molar-refractivity contribution is 6.34. The first-order valence-corrected chi connectivity index (χ1v) is 8.33. The van der Waals surface area contributed by atoms with Gasteiger partial charge in [0.05, 0.1) is 11.0 Å². The summed E-state index contributed by atoms with van der Waals surface area (Å²) in [5.41, 5.74) is 3.12. The van der Waals surface area contributed by atoms with Crippen molar-refractivity contribution in [2.24, 2.45) is 0 Å². The smallest absolute Gasteiger partial charge is 0.107 e. The van der Waals surface area contributed by atoms with Gasteiger partial charge in [0.2, 0.25) is 0 Å². The molecule has 2 aromatic carbocycles.